The molecule has 73 heavy (non-hydrogen) atoms. The number of hydrogen-bond donors (Lipinski definition) is 0. The van der Waals surface area contributed by atoms with E-state index in [4.69, 9.17) is 14.2 Å². The van der Waals surface area contributed by atoms with Gasteiger partial charge in [0.05, 0.1) is 0 Å². The third-order valence-electron chi connectivity index (χ3n) is 15.8. The molecule has 0 saturated heterocycles. The average Bonchev–Trinajstić information content (AvgIpc) is 3.37. The van der Waals surface area contributed by atoms with Crippen LogP contribution in [-0.2, 0) is 28.6 Å². The van der Waals surface area contributed by atoms with Gasteiger partial charge in [0.2, 0.25) is 0 Å². The summed E-state index contributed by atoms with van der Waals surface area (Å²) >= 11 is 0. The highest BCUT2D eigenvalue weighted by Gasteiger charge is 2.20. The lowest BCUT2D eigenvalue weighted by Gasteiger charge is -2.18. The van der Waals surface area contributed by atoms with Gasteiger partial charge in [-0.05, 0) is 37.0 Å². The molecule has 0 amide bonds. The van der Waals surface area contributed by atoms with Crippen molar-refractivity contribution in [2.24, 2.45) is 17.8 Å². The predicted molar refractivity (Wildman–Crippen MR) is 316 cm³/mol. The van der Waals surface area contributed by atoms with Gasteiger partial charge in [0.15, 0.2) is 6.10 Å². The zero-order chi connectivity index (χ0) is 53.3. The summed E-state index contributed by atoms with van der Waals surface area (Å²) in [7, 11) is 0. The summed E-state index contributed by atoms with van der Waals surface area (Å²) in [4.78, 5) is 38.4. The SMILES string of the molecule is CCC(C)CCCCCCCCCCCCCCCCC(=O)OC[C@@H](COC(=O)CCCCCCCCCCCCCCCCCCCCC(C)C)OC(=O)CCCCCCCCCCCCCCCC(C)C. The van der Waals surface area contributed by atoms with Gasteiger partial charge in [-0.1, -0.05) is 337 Å². The van der Waals surface area contributed by atoms with Crippen molar-refractivity contribution in [3.8, 4) is 0 Å². The highest BCUT2D eigenvalue weighted by molar-refractivity contribution is 5.71. The molecule has 0 rings (SSSR count). The van der Waals surface area contributed by atoms with E-state index in [1.165, 1.54) is 257 Å². The molecule has 0 radical (unpaired) electrons. The van der Waals surface area contributed by atoms with Crippen molar-refractivity contribution in [1.82, 2.24) is 0 Å². The Morgan fingerprint density at radius 3 is 0.712 bits per heavy atom. The zero-order valence-electron chi connectivity index (χ0n) is 50.4. The standard InChI is InChI=1S/C67H130O6/c1-7-63(6)55-49-43-37-31-25-19-14-15-21-27-33-39-45-51-57-66(69)72-60-64(73-67(70)58-52-46-40-34-28-22-16-18-24-30-36-42-48-54-62(4)5)59-71-65(68)56-50-44-38-32-26-20-13-11-9-8-10-12-17-23-29-35-41-47-53-61(2)3/h61-64H,7-60H2,1-6H3/t63?,64-/m1/s1. The van der Waals surface area contributed by atoms with Gasteiger partial charge >= 0.3 is 17.9 Å². The molecule has 0 bridgehead atoms. The summed E-state index contributed by atoms with van der Waals surface area (Å²) in [5, 5.41) is 0. The van der Waals surface area contributed by atoms with E-state index in [0.717, 1.165) is 75.5 Å². The van der Waals surface area contributed by atoms with E-state index >= 15 is 0 Å². The average molecular weight is 1030 g/mol. The topological polar surface area (TPSA) is 78.9 Å². The molecule has 1 unspecified atom stereocenters. The maximum absolute atomic E-state index is 12.9. The minimum Gasteiger partial charge on any atom is -0.462 e. The van der Waals surface area contributed by atoms with Crippen LogP contribution in [0.1, 0.15) is 375 Å². The van der Waals surface area contributed by atoms with Gasteiger partial charge in [0.25, 0.3) is 0 Å². The first-order valence-corrected chi connectivity index (χ1v) is 33.1. The fourth-order valence-electron chi connectivity index (χ4n) is 10.4. The smallest absolute Gasteiger partial charge is 0.306 e. The van der Waals surface area contributed by atoms with Crippen LogP contribution in [0, 0.1) is 17.8 Å². The molecule has 0 aromatic rings. The van der Waals surface area contributed by atoms with Crippen LogP contribution in [0.3, 0.4) is 0 Å². The zero-order valence-corrected chi connectivity index (χ0v) is 50.4. The summed E-state index contributed by atoms with van der Waals surface area (Å²) in [5.41, 5.74) is 0. The van der Waals surface area contributed by atoms with Gasteiger partial charge in [-0.15, -0.1) is 0 Å². The maximum atomic E-state index is 12.9. The number of ether oxygens (including phenoxy) is 3. The van der Waals surface area contributed by atoms with E-state index in [1.807, 2.05) is 0 Å². The Morgan fingerprint density at radius 1 is 0.274 bits per heavy atom. The number of unbranched alkanes of at least 4 members (excludes halogenated alkanes) is 42. The predicted octanol–water partition coefficient (Wildman–Crippen LogP) is 22.2. The van der Waals surface area contributed by atoms with Gasteiger partial charge in [-0.3, -0.25) is 14.4 Å². The molecule has 0 fully saturated rings. The molecule has 0 aliphatic rings. The van der Waals surface area contributed by atoms with E-state index in [-0.39, 0.29) is 31.1 Å². The number of carbonyl (C=O) groups excluding carboxylic acids is 3. The highest BCUT2D eigenvalue weighted by Crippen LogP contribution is 2.20. The van der Waals surface area contributed by atoms with Crippen molar-refractivity contribution in [3.05, 3.63) is 0 Å². The molecular weight excluding hydrogens is 901 g/mol. The van der Waals surface area contributed by atoms with E-state index in [0.29, 0.717) is 19.3 Å². The molecule has 0 saturated carbocycles. The van der Waals surface area contributed by atoms with Crippen LogP contribution in [-0.4, -0.2) is 37.2 Å². The lowest BCUT2D eigenvalue weighted by molar-refractivity contribution is -0.167. The second-order valence-electron chi connectivity index (χ2n) is 24.3. The Morgan fingerprint density at radius 2 is 0.479 bits per heavy atom. The van der Waals surface area contributed by atoms with Crippen LogP contribution in [0.25, 0.3) is 0 Å². The first kappa shape index (κ1) is 71.4. The molecule has 0 aliphatic carbocycles. The molecule has 0 aromatic carbocycles. The third-order valence-corrected chi connectivity index (χ3v) is 15.8. The first-order chi connectivity index (χ1) is 35.6. The van der Waals surface area contributed by atoms with Crippen LogP contribution in [0.15, 0.2) is 0 Å². The summed E-state index contributed by atoms with van der Waals surface area (Å²) < 4.78 is 17.0. The number of rotatable bonds is 60. The van der Waals surface area contributed by atoms with Gasteiger partial charge < -0.3 is 14.2 Å². The van der Waals surface area contributed by atoms with Gasteiger partial charge in [-0.2, -0.15) is 0 Å². The molecule has 0 aliphatic heterocycles. The third kappa shape index (κ3) is 59.5. The summed E-state index contributed by atoms with van der Waals surface area (Å²) in [6, 6.07) is 0. The van der Waals surface area contributed by atoms with Crippen molar-refractivity contribution in [2.45, 2.75) is 382 Å². The fraction of sp³-hybridized carbons (Fsp3) is 0.955. The van der Waals surface area contributed by atoms with Crippen molar-refractivity contribution < 1.29 is 28.6 Å². The van der Waals surface area contributed by atoms with E-state index in [9.17, 15) is 14.4 Å². The Kier molecular flexibility index (Phi) is 56.8. The Balaban J connectivity index is 4.27. The minimum absolute atomic E-state index is 0.0623. The van der Waals surface area contributed by atoms with Crippen molar-refractivity contribution in [1.29, 1.82) is 0 Å². The van der Waals surface area contributed by atoms with Crippen molar-refractivity contribution in [2.75, 3.05) is 13.2 Å². The van der Waals surface area contributed by atoms with Gasteiger partial charge in [0, 0.05) is 19.3 Å². The minimum atomic E-state index is -0.765. The molecule has 6 heteroatoms. The van der Waals surface area contributed by atoms with Crippen molar-refractivity contribution >= 4 is 17.9 Å². The highest BCUT2D eigenvalue weighted by atomic mass is 16.6. The molecule has 434 valence electrons. The Hall–Kier alpha value is -1.59. The van der Waals surface area contributed by atoms with E-state index in [1.54, 1.807) is 0 Å². The van der Waals surface area contributed by atoms with E-state index < -0.39 is 6.10 Å². The number of esters is 3. The Bertz CT molecular complexity index is 1130. The molecule has 0 spiro atoms. The van der Waals surface area contributed by atoms with Crippen LogP contribution < -0.4 is 0 Å². The molecule has 2 atom stereocenters. The second-order valence-corrected chi connectivity index (χ2v) is 24.3. The summed E-state index contributed by atoms with van der Waals surface area (Å²) in [5.74, 6) is 1.76. The first-order valence-electron chi connectivity index (χ1n) is 33.1. The van der Waals surface area contributed by atoms with Crippen LogP contribution >= 0.6 is 0 Å². The normalized spacial score (nSPS) is 12.5. The quantitative estimate of drug-likeness (QED) is 0.0343. The van der Waals surface area contributed by atoms with Crippen molar-refractivity contribution in [3.63, 3.8) is 0 Å². The molecule has 0 N–H and O–H groups in total. The molecule has 0 aromatic heterocycles. The Labute approximate surface area is 457 Å². The van der Waals surface area contributed by atoms with E-state index in [2.05, 4.69) is 41.5 Å². The van der Waals surface area contributed by atoms with Gasteiger partial charge in [-0.25, -0.2) is 0 Å². The summed E-state index contributed by atoms with van der Waals surface area (Å²) in [6.45, 7) is 13.9. The second kappa shape index (κ2) is 58.1. The lowest BCUT2D eigenvalue weighted by atomic mass is 9.99. The maximum Gasteiger partial charge on any atom is 0.306 e. The fourth-order valence-corrected chi connectivity index (χ4v) is 10.4. The summed E-state index contributed by atoms with van der Waals surface area (Å²) in [6.07, 6.45) is 63.9. The molecule has 0 heterocycles. The number of hydrogen-bond acceptors (Lipinski definition) is 6. The van der Waals surface area contributed by atoms with Crippen LogP contribution in [0.2, 0.25) is 0 Å². The largest absolute Gasteiger partial charge is 0.462 e. The van der Waals surface area contributed by atoms with Crippen LogP contribution in [0.5, 0.6) is 0 Å². The molecular formula is C67H130O6. The lowest BCUT2D eigenvalue weighted by Crippen LogP contribution is -2.30. The molecule has 6 nitrogen and oxygen atoms in total. The van der Waals surface area contributed by atoms with Gasteiger partial charge in [0.1, 0.15) is 13.2 Å². The van der Waals surface area contributed by atoms with Crippen LogP contribution in [0.4, 0.5) is 0 Å². The number of carbonyl (C=O) groups is 3. The monoisotopic (exact) mass is 1030 g/mol.